The van der Waals surface area contributed by atoms with E-state index >= 15 is 0 Å². The van der Waals surface area contributed by atoms with Gasteiger partial charge in [-0.15, -0.1) is 0 Å². The van der Waals surface area contributed by atoms with E-state index in [9.17, 15) is 0 Å². The summed E-state index contributed by atoms with van der Waals surface area (Å²) in [6.07, 6.45) is 36.2. The Morgan fingerprint density at radius 2 is 0.667 bits per heavy atom. The van der Waals surface area contributed by atoms with E-state index in [1.807, 2.05) is 0 Å². The van der Waals surface area contributed by atoms with Gasteiger partial charge in [0.25, 0.3) is 0 Å². The summed E-state index contributed by atoms with van der Waals surface area (Å²) < 4.78 is 0. The third-order valence-electron chi connectivity index (χ3n) is 5.16. The highest BCUT2D eigenvalue weighted by Gasteiger charge is 1.95. The second-order valence-electron chi connectivity index (χ2n) is 7.64. The third kappa shape index (κ3) is 21.6. The molecule has 141 valence electrons. The Labute approximate surface area is 154 Å². The van der Waals surface area contributed by atoms with Crippen LogP contribution in [0.2, 0.25) is 0 Å². The highest BCUT2D eigenvalue weighted by molar-refractivity contribution is 4.74. The van der Waals surface area contributed by atoms with Crippen LogP contribution in [0.3, 0.4) is 0 Å². The van der Waals surface area contributed by atoms with Crippen LogP contribution in [-0.4, -0.2) is 0 Å². The monoisotopic (exact) mass is 333 g/mol. The molecule has 0 unspecified atom stereocenters. The number of hydrogen-bond acceptors (Lipinski definition) is 0. The van der Waals surface area contributed by atoms with Crippen molar-refractivity contribution in [3.63, 3.8) is 0 Å². The van der Waals surface area contributed by atoms with Crippen LogP contribution in [0, 0.1) is 12.3 Å². The minimum absolute atomic E-state index is 0.860. The van der Waals surface area contributed by atoms with Crippen LogP contribution < -0.4 is 0 Å². The fourth-order valence-corrected chi connectivity index (χ4v) is 3.47. The summed E-state index contributed by atoms with van der Waals surface area (Å²) in [6, 6.07) is 0. The quantitative estimate of drug-likeness (QED) is 0.154. The van der Waals surface area contributed by atoms with Crippen molar-refractivity contribution in [1.82, 2.24) is 0 Å². The van der Waals surface area contributed by atoms with E-state index in [0.29, 0.717) is 0 Å². The highest BCUT2D eigenvalue weighted by Crippen LogP contribution is 2.14. The van der Waals surface area contributed by atoms with Crippen LogP contribution in [0.4, 0.5) is 0 Å². The predicted molar refractivity (Wildman–Crippen MR) is 110 cm³/mol. The fourth-order valence-electron chi connectivity index (χ4n) is 3.47. The van der Waals surface area contributed by atoms with Crippen molar-refractivity contribution in [1.29, 1.82) is 0 Å². The van der Waals surface area contributed by atoms with Gasteiger partial charge in [0.15, 0.2) is 0 Å². The zero-order chi connectivity index (χ0) is 17.6. The lowest BCUT2D eigenvalue weighted by molar-refractivity contribution is 0.522. The van der Waals surface area contributed by atoms with Gasteiger partial charge in [0, 0.05) is 6.42 Å². The molecule has 0 atom stereocenters. The van der Waals surface area contributed by atoms with Crippen LogP contribution >= 0.6 is 0 Å². The summed E-state index contributed by atoms with van der Waals surface area (Å²) in [5, 5.41) is 0. The average Bonchev–Trinajstić information content (AvgIpc) is 2.60. The molecule has 0 aromatic heterocycles. The smallest absolute Gasteiger partial charge is 0.00989 e. The molecular weight excluding hydrogens is 288 g/mol. The van der Waals surface area contributed by atoms with Gasteiger partial charge in [0.05, 0.1) is 0 Å². The van der Waals surface area contributed by atoms with Crippen molar-refractivity contribution in [2.24, 2.45) is 0 Å². The molecule has 0 heteroatoms. The van der Waals surface area contributed by atoms with Gasteiger partial charge in [-0.1, -0.05) is 135 Å². The molecule has 0 aromatic carbocycles. The molecule has 0 fully saturated rings. The topological polar surface area (TPSA) is 0 Å². The van der Waals surface area contributed by atoms with Gasteiger partial charge >= 0.3 is 0 Å². The summed E-state index contributed by atoms with van der Waals surface area (Å²) in [6.45, 7) is 2.29. The van der Waals surface area contributed by atoms with Crippen molar-refractivity contribution >= 4 is 0 Å². The van der Waals surface area contributed by atoms with Crippen LogP contribution in [0.15, 0.2) is 0 Å². The first-order valence-electron chi connectivity index (χ1n) is 11.3. The fraction of sp³-hybridized carbons (Fsp3) is 0.917. The van der Waals surface area contributed by atoms with Gasteiger partial charge < -0.3 is 0 Å². The first-order valence-corrected chi connectivity index (χ1v) is 11.3. The Morgan fingerprint density at radius 3 is 0.917 bits per heavy atom. The molecule has 0 N–H and O–H groups in total. The second-order valence-corrected chi connectivity index (χ2v) is 7.64. The summed E-state index contributed by atoms with van der Waals surface area (Å²) in [7, 11) is 0. The maximum absolute atomic E-state index is 6.86. The Hall–Kier alpha value is -0.440. The molecule has 0 spiro atoms. The van der Waals surface area contributed by atoms with Crippen molar-refractivity contribution in [3.8, 4) is 5.92 Å². The molecular formula is C24H45. The van der Waals surface area contributed by atoms with Crippen molar-refractivity contribution in [2.75, 3.05) is 0 Å². The normalized spacial score (nSPS) is 10.8. The molecule has 0 aliphatic rings. The minimum Gasteiger partial charge on any atom is -0.0891 e. The van der Waals surface area contributed by atoms with Crippen molar-refractivity contribution < 1.29 is 0 Å². The van der Waals surface area contributed by atoms with Gasteiger partial charge in [0.1, 0.15) is 0 Å². The zero-order valence-electron chi connectivity index (χ0n) is 16.8. The Bertz CT molecular complexity index is 247. The molecule has 0 aliphatic heterocycles. The molecule has 0 amide bonds. The molecule has 0 saturated heterocycles. The number of unbranched alkanes of at least 4 members (excludes halogenated alkanes) is 20. The molecule has 0 heterocycles. The molecule has 0 nitrogen and oxygen atoms in total. The maximum atomic E-state index is 6.86. The molecule has 0 aromatic rings. The van der Waals surface area contributed by atoms with E-state index in [1.54, 1.807) is 0 Å². The predicted octanol–water partition coefficient (Wildman–Crippen LogP) is 8.79. The molecule has 24 heavy (non-hydrogen) atoms. The average molecular weight is 334 g/mol. The van der Waals surface area contributed by atoms with E-state index in [1.165, 1.54) is 128 Å². The van der Waals surface area contributed by atoms with E-state index in [-0.39, 0.29) is 0 Å². The van der Waals surface area contributed by atoms with Gasteiger partial charge in [-0.3, -0.25) is 0 Å². The molecule has 0 rings (SSSR count). The minimum atomic E-state index is 0.860. The van der Waals surface area contributed by atoms with Gasteiger partial charge in [-0.2, -0.15) is 0 Å². The van der Waals surface area contributed by atoms with Gasteiger partial charge in [-0.25, -0.2) is 0 Å². The largest absolute Gasteiger partial charge is 0.0891 e. The van der Waals surface area contributed by atoms with E-state index in [2.05, 4.69) is 12.8 Å². The molecule has 0 aliphatic carbocycles. The van der Waals surface area contributed by atoms with E-state index < -0.39 is 0 Å². The Balaban J connectivity index is 2.94. The first-order chi connectivity index (χ1) is 11.9. The van der Waals surface area contributed by atoms with Crippen LogP contribution in [-0.2, 0) is 0 Å². The van der Waals surface area contributed by atoms with E-state index in [0.717, 1.165) is 6.42 Å². The Kier molecular flexibility index (Phi) is 22.1. The third-order valence-corrected chi connectivity index (χ3v) is 5.16. The maximum Gasteiger partial charge on any atom is 0.00989 e. The molecule has 1 radical (unpaired) electrons. The van der Waals surface area contributed by atoms with E-state index in [4.69, 9.17) is 6.42 Å². The van der Waals surface area contributed by atoms with Crippen molar-refractivity contribution in [3.05, 3.63) is 6.42 Å². The van der Waals surface area contributed by atoms with Crippen LogP contribution in [0.25, 0.3) is 0 Å². The second kappa shape index (κ2) is 22.6. The van der Waals surface area contributed by atoms with Crippen LogP contribution in [0.5, 0.6) is 0 Å². The standard InChI is InChI=1S/C24H45/c1-3-5-7-9-11-13-15-17-19-21-23-24-22-20-18-16-14-12-10-8-6-4-2/h3,5-24H2,1H3. The summed E-state index contributed by atoms with van der Waals surface area (Å²) in [4.78, 5) is 0. The summed E-state index contributed by atoms with van der Waals surface area (Å²) in [5.74, 6) is 2.48. The molecule has 0 saturated carbocycles. The molecule has 0 bridgehead atoms. The van der Waals surface area contributed by atoms with Gasteiger partial charge in [0.2, 0.25) is 0 Å². The lowest BCUT2D eigenvalue weighted by Crippen LogP contribution is -1.84. The first kappa shape index (κ1) is 23.6. The van der Waals surface area contributed by atoms with Crippen molar-refractivity contribution in [2.45, 2.75) is 142 Å². The lowest BCUT2D eigenvalue weighted by Gasteiger charge is -2.04. The summed E-state index contributed by atoms with van der Waals surface area (Å²) >= 11 is 0. The van der Waals surface area contributed by atoms with Crippen LogP contribution in [0.1, 0.15) is 142 Å². The zero-order valence-corrected chi connectivity index (χ0v) is 16.8. The number of rotatable bonds is 20. The van der Waals surface area contributed by atoms with Gasteiger partial charge in [-0.05, 0) is 12.8 Å². The number of hydrogen-bond donors (Lipinski definition) is 0. The Morgan fingerprint density at radius 1 is 0.417 bits per heavy atom. The SMILES string of the molecule is [C]#CCCCCCCCCCCCCCCCCCCCCCC. The lowest BCUT2D eigenvalue weighted by atomic mass is 10.0. The summed E-state index contributed by atoms with van der Waals surface area (Å²) in [5.41, 5.74) is 0. The highest BCUT2D eigenvalue weighted by atomic mass is 14.0.